The Morgan fingerprint density at radius 1 is 1.11 bits per heavy atom. The van der Waals surface area contributed by atoms with Crippen LogP contribution in [0.2, 0.25) is 0 Å². The fraction of sp³-hybridized carbons (Fsp3) is 0.389. The Labute approximate surface area is 153 Å². The van der Waals surface area contributed by atoms with Gasteiger partial charge >= 0.3 is 0 Å². The zero-order valence-corrected chi connectivity index (χ0v) is 14.9. The van der Waals surface area contributed by atoms with E-state index in [9.17, 15) is 13.2 Å². The van der Waals surface area contributed by atoms with Crippen molar-refractivity contribution in [2.45, 2.75) is 31.7 Å². The van der Waals surface area contributed by atoms with Crippen LogP contribution < -0.4 is 10.6 Å². The quantitative estimate of drug-likeness (QED) is 0.706. The Morgan fingerprint density at radius 2 is 1.89 bits per heavy atom. The Kier molecular flexibility index (Phi) is 4.47. The zero-order valence-electron chi connectivity index (χ0n) is 14.9. The topological polar surface area (TPSA) is 74.0 Å². The lowest BCUT2D eigenvalue weighted by molar-refractivity contribution is -0.424. The van der Waals surface area contributed by atoms with E-state index in [0.29, 0.717) is 37.6 Å². The van der Waals surface area contributed by atoms with Gasteiger partial charge in [-0.1, -0.05) is 6.92 Å². The number of aryl methyl sites for hydroxylation is 1. The molecule has 1 aliphatic heterocycles. The number of nitrogens with zero attached hydrogens (tertiary/aromatic N) is 5. The molecule has 0 saturated carbocycles. The molecule has 0 radical (unpaired) electrons. The van der Waals surface area contributed by atoms with Crippen LogP contribution in [0.25, 0.3) is 5.65 Å². The van der Waals surface area contributed by atoms with Crippen molar-refractivity contribution in [3.63, 3.8) is 0 Å². The van der Waals surface area contributed by atoms with Gasteiger partial charge in [-0.2, -0.15) is 4.52 Å². The summed E-state index contributed by atoms with van der Waals surface area (Å²) in [5.41, 5.74) is 4.99. The van der Waals surface area contributed by atoms with Crippen LogP contribution in [-0.4, -0.2) is 38.9 Å². The first kappa shape index (κ1) is 17.7. The number of benzene rings is 1. The second-order valence-corrected chi connectivity index (χ2v) is 6.82. The molecule has 3 heterocycles. The lowest BCUT2D eigenvalue weighted by Gasteiger charge is -2.35. The third-order valence-electron chi connectivity index (χ3n) is 5.13. The Hall–Kier alpha value is -2.68. The van der Waals surface area contributed by atoms with Gasteiger partial charge in [-0.05, 0) is 24.6 Å². The molecule has 1 aliphatic rings. The first-order valence-electron chi connectivity index (χ1n) is 8.91. The molecule has 0 amide bonds. The van der Waals surface area contributed by atoms with Crippen LogP contribution >= 0.6 is 0 Å². The third kappa shape index (κ3) is 3.12. The van der Waals surface area contributed by atoms with Crippen molar-refractivity contribution in [3.8, 4) is 0 Å². The number of piperidine rings is 1. The maximum Gasteiger partial charge on any atom is 0.178 e. The van der Waals surface area contributed by atoms with E-state index in [0.717, 1.165) is 17.7 Å². The predicted octanol–water partition coefficient (Wildman–Crippen LogP) is 1.71. The summed E-state index contributed by atoms with van der Waals surface area (Å²) in [6, 6.07) is 5.10. The molecule has 9 heteroatoms. The van der Waals surface area contributed by atoms with E-state index in [1.807, 2.05) is 19.1 Å². The highest BCUT2D eigenvalue weighted by atomic mass is 19.2. The summed E-state index contributed by atoms with van der Waals surface area (Å²) in [5, 5.41) is 12.8. The molecule has 0 unspecified atom stereocenters. The number of hydrogen-bond donors (Lipinski definition) is 1. The molecule has 142 valence electrons. The second kappa shape index (κ2) is 6.80. The van der Waals surface area contributed by atoms with Crippen molar-refractivity contribution >= 4 is 11.5 Å². The van der Waals surface area contributed by atoms with E-state index < -0.39 is 17.5 Å². The fourth-order valence-corrected chi connectivity index (χ4v) is 3.68. The molecule has 0 aliphatic carbocycles. The summed E-state index contributed by atoms with van der Waals surface area (Å²) in [7, 11) is 0. The maximum absolute atomic E-state index is 14.2. The van der Waals surface area contributed by atoms with Crippen LogP contribution in [0.3, 0.4) is 0 Å². The van der Waals surface area contributed by atoms with Gasteiger partial charge in [0.15, 0.2) is 23.1 Å². The summed E-state index contributed by atoms with van der Waals surface area (Å²) in [6.45, 7) is 3.13. The standard InChI is InChI=1S/C18H19F3N6/c1-2-16-23-24-17-3-4-18(25-27(16)17)26-6-5-10(15(22)9-26)11-7-13(20)14(21)8-12(11)19/h3-4,7-8,10,15H,2,5-6,9,22H2,1H3/p+1/t10-,15+/m1/s1. The monoisotopic (exact) mass is 377 g/mol. The number of hydrogen-bond acceptors (Lipinski definition) is 4. The second-order valence-electron chi connectivity index (χ2n) is 6.82. The van der Waals surface area contributed by atoms with Gasteiger partial charge in [-0.3, -0.25) is 0 Å². The number of halogens is 3. The molecule has 1 aromatic carbocycles. The van der Waals surface area contributed by atoms with Gasteiger partial charge in [0.2, 0.25) is 0 Å². The highest BCUT2D eigenvalue weighted by Gasteiger charge is 2.33. The molecule has 0 spiro atoms. The molecule has 27 heavy (non-hydrogen) atoms. The van der Waals surface area contributed by atoms with Crippen LogP contribution in [0, 0.1) is 17.5 Å². The normalized spacial score (nSPS) is 20.4. The Morgan fingerprint density at radius 3 is 2.63 bits per heavy atom. The van der Waals surface area contributed by atoms with Crippen LogP contribution in [-0.2, 0) is 6.42 Å². The highest BCUT2D eigenvalue weighted by molar-refractivity contribution is 5.46. The van der Waals surface area contributed by atoms with Crippen molar-refractivity contribution < 1.29 is 18.9 Å². The number of quaternary nitrogens is 1. The minimum absolute atomic E-state index is 0.184. The van der Waals surface area contributed by atoms with Crippen LogP contribution in [0.15, 0.2) is 24.3 Å². The van der Waals surface area contributed by atoms with Crippen LogP contribution in [0.1, 0.15) is 30.7 Å². The van der Waals surface area contributed by atoms with Crippen LogP contribution in [0.5, 0.6) is 0 Å². The van der Waals surface area contributed by atoms with E-state index >= 15 is 0 Å². The van der Waals surface area contributed by atoms with E-state index in [2.05, 4.69) is 25.9 Å². The minimum Gasteiger partial charge on any atom is -0.353 e. The molecule has 3 N–H and O–H groups in total. The SMILES string of the molecule is CCc1nnc2ccc(N3CC[C@H](c4cc(F)c(F)cc4F)[C@@H]([NH3+])C3)nn12. The van der Waals surface area contributed by atoms with Crippen molar-refractivity contribution in [3.05, 3.63) is 53.1 Å². The van der Waals surface area contributed by atoms with Crippen molar-refractivity contribution in [2.24, 2.45) is 0 Å². The van der Waals surface area contributed by atoms with Gasteiger partial charge in [-0.15, -0.1) is 15.3 Å². The number of anilines is 1. The van der Waals surface area contributed by atoms with E-state index in [1.165, 1.54) is 0 Å². The first-order valence-corrected chi connectivity index (χ1v) is 8.91. The van der Waals surface area contributed by atoms with Gasteiger partial charge in [0.25, 0.3) is 0 Å². The zero-order chi connectivity index (χ0) is 19.1. The number of fused-ring (bicyclic) bond motifs is 1. The summed E-state index contributed by atoms with van der Waals surface area (Å²) in [4.78, 5) is 2.06. The molecular weight excluding hydrogens is 357 g/mol. The summed E-state index contributed by atoms with van der Waals surface area (Å²) in [6.07, 6.45) is 1.28. The fourth-order valence-electron chi connectivity index (χ4n) is 3.68. The maximum atomic E-state index is 14.2. The smallest absolute Gasteiger partial charge is 0.178 e. The molecule has 1 saturated heterocycles. The molecule has 0 bridgehead atoms. The molecule has 4 rings (SSSR count). The van der Waals surface area contributed by atoms with Gasteiger partial charge in [0.1, 0.15) is 17.7 Å². The minimum atomic E-state index is -1.17. The van der Waals surface area contributed by atoms with Gasteiger partial charge in [-0.25, -0.2) is 13.2 Å². The lowest BCUT2D eigenvalue weighted by atomic mass is 9.85. The molecule has 1 fully saturated rings. The van der Waals surface area contributed by atoms with Crippen LogP contribution in [0.4, 0.5) is 19.0 Å². The van der Waals surface area contributed by atoms with Gasteiger partial charge < -0.3 is 10.6 Å². The lowest BCUT2D eigenvalue weighted by Crippen LogP contribution is -2.70. The first-order chi connectivity index (χ1) is 13.0. The van der Waals surface area contributed by atoms with E-state index in [4.69, 9.17) is 0 Å². The third-order valence-corrected chi connectivity index (χ3v) is 5.13. The number of rotatable bonds is 3. The Bertz CT molecular complexity index is 989. The number of aromatic nitrogens is 4. The summed E-state index contributed by atoms with van der Waals surface area (Å²) >= 11 is 0. The molecule has 6 nitrogen and oxygen atoms in total. The average molecular weight is 377 g/mol. The van der Waals surface area contributed by atoms with Crippen molar-refractivity contribution in [2.75, 3.05) is 18.0 Å². The summed E-state index contributed by atoms with van der Waals surface area (Å²) in [5.74, 6) is -1.68. The molecule has 2 atom stereocenters. The predicted molar refractivity (Wildman–Crippen MR) is 92.7 cm³/mol. The summed E-state index contributed by atoms with van der Waals surface area (Å²) < 4.78 is 42.7. The van der Waals surface area contributed by atoms with E-state index in [-0.39, 0.29) is 17.5 Å². The molecular formula is C18H20F3N6+. The van der Waals surface area contributed by atoms with Gasteiger partial charge in [0.05, 0.1) is 6.54 Å². The average Bonchev–Trinajstić information content (AvgIpc) is 3.07. The van der Waals surface area contributed by atoms with Crippen molar-refractivity contribution in [1.29, 1.82) is 0 Å². The highest BCUT2D eigenvalue weighted by Crippen LogP contribution is 2.31. The Balaban J connectivity index is 1.58. The van der Waals surface area contributed by atoms with E-state index in [1.54, 1.807) is 4.52 Å². The van der Waals surface area contributed by atoms with Gasteiger partial charge in [0, 0.05) is 30.5 Å². The molecule has 3 aromatic rings. The van der Waals surface area contributed by atoms with Crippen molar-refractivity contribution in [1.82, 2.24) is 19.8 Å². The molecule has 2 aromatic heterocycles. The largest absolute Gasteiger partial charge is 0.353 e.